The fourth-order valence-electron chi connectivity index (χ4n) is 0.620. The van der Waals surface area contributed by atoms with Crippen molar-refractivity contribution in [3.8, 4) is 11.8 Å². The first kappa shape index (κ1) is 7.54. The van der Waals surface area contributed by atoms with Gasteiger partial charge in [0.15, 0.2) is 0 Å². The first-order chi connectivity index (χ1) is 4.77. The largest absolute Gasteiger partial charge is 0.380 e. The normalized spacial score (nSPS) is 22.1. The smallest absolute Gasteiger partial charge is 0.362 e. The highest BCUT2D eigenvalue weighted by Gasteiger charge is 2.27. The van der Waals surface area contributed by atoms with E-state index >= 15 is 0 Å². The van der Waals surface area contributed by atoms with Crippen LogP contribution in [0.3, 0.4) is 0 Å². The molecule has 0 N–H and O–H groups in total. The molecule has 0 atom stereocenters. The van der Waals surface area contributed by atoms with Crippen LogP contribution in [0.1, 0.15) is 0 Å². The predicted molar refractivity (Wildman–Crippen MR) is 41.5 cm³/mol. The SMILES string of the molecule is C=C[Si]1(C)OCC#CCO1. The Labute approximate surface area is 62.1 Å². The fraction of sp³-hybridized carbons (Fsp3) is 0.429. The van der Waals surface area contributed by atoms with Crippen molar-refractivity contribution in [3.63, 3.8) is 0 Å². The molecule has 0 fully saturated rings. The van der Waals surface area contributed by atoms with E-state index < -0.39 is 8.56 Å². The van der Waals surface area contributed by atoms with Crippen LogP contribution >= 0.6 is 0 Å². The molecule has 0 spiro atoms. The maximum Gasteiger partial charge on any atom is 0.362 e. The van der Waals surface area contributed by atoms with Crippen molar-refractivity contribution in [2.45, 2.75) is 6.55 Å². The zero-order valence-electron chi connectivity index (χ0n) is 6.02. The number of hydrogen-bond acceptors (Lipinski definition) is 2. The van der Waals surface area contributed by atoms with Gasteiger partial charge in [0, 0.05) is 0 Å². The second-order valence-corrected chi connectivity index (χ2v) is 5.17. The summed E-state index contributed by atoms with van der Waals surface area (Å²) in [5.41, 5.74) is 1.77. The average Bonchev–Trinajstić information content (AvgIpc) is 2.15. The van der Waals surface area contributed by atoms with Gasteiger partial charge in [0.05, 0.1) is 13.2 Å². The quantitative estimate of drug-likeness (QED) is 0.411. The molecule has 0 unspecified atom stereocenters. The molecule has 0 aromatic rings. The van der Waals surface area contributed by atoms with Crippen LogP contribution in [0.15, 0.2) is 12.3 Å². The van der Waals surface area contributed by atoms with Gasteiger partial charge < -0.3 is 8.85 Å². The van der Waals surface area contributed by atoms with E-state index in [0.29, 0.717) is 13.2 Å². The highest BCUT2D eigenvalue weighted by molar-refractivity contribution is 6.71. The molecule has 0 saturated carbocycles. The van der Waals surface area contributed by atoms with Crippen molar-refractivity contribution in [3.05, 3.63) is 12.3 Å². The van der Waals surface area contributed by atoms with Crippen molar-refractivity contribution in [2.75, 3.05) is 13.2 Å². The fourth-order valence-corrected chi connectivity index (χ4v) is 1.66. The van der Waals surface area contributed by atoms with E-state index in [1.807, 2.05) is 6.55 Å². The molecule has 1 aliphatic rings. The molecule has 0 aromatic heterocycles. The molecule has 1 heterocycles. The van der Waals surface area contributed by atoms with E-state index in [1.165, 1.54) is 0 Å². The van der Waals surface area contributed by atoms with Crippen LogP contribution in [-0.2, 0) is 8.85 Å². The molecule has 0 radical (unpaired) electrons. The van der Waals surface area contributed by atoms with Gasteiger partial charge in [-0.05, 0) is 12.2 Å². The Morgan fingerprint density at radius 1 is 1.40 bits per heavy atom. The van der Waals surface area contributed by atoms with Crippen LogP contribution in [0.2, 0.25) is 6.55 Å². The second kappa shape index (κ2) is 3.02. The summed E-state index contributed by atoms with van der Waals surface area (Å²) in [5, 5.41) is 0. The van der Waals surface area contributed by atoms with Gasteiger partial charge >= 0.3 is 8.56 Å². The minimum atomic E-state index is -2.02. The third kappa shape index (κ3) is 1.71. The lowest BCUT2D eigenvalue weighted by molar-refractivity contribution is 0.232. The van der Waals surface area contributed by atoms with Crippen LogP contribution < -0.4 is 0 Å². The zero-order valence-corrected chi connectivity index (χ0v) is 7.02. The molecule has 0 aromatic carbocycles. The van der Waals surface area contributed by atoms with Gasteiger partial charge in [0.2, 0.25) is 0 Å². The Kier molecular flexibility index (Phi) is 2.28. The van der Waals surface area contributed by atoms with Gasteiger partial charge in [0.25, 0.3) is 0 Å². The lowest BCUT2D eigenvalue weighted by atomic mass is 10.6. The molecule has 2 nitrogen and oxygen atoms in total. The van der Waals surface area contributed by atoms with Gasteiger partial charge in [-0.1, -0.05) is 11.8 Å². The Morgan fingerprint density at radius 3 is 2.30 bits per heavy atom. The lowest BCUT2D eigenvalue weighted by Crippen LogP contribution is -2.35. The van der Waals surface area contributed by atoms with Crippen LogP contribution in [0.25, 0.3) is 0 Å². The third-order valence-corrected chi connectivity index (χ3v) is 3.53. The Balaban J connectivity index is 2.57. The van der Waals surface area contributed by atoms with Crippen LogP contribution in [0.4, 0.5) is 0 Å². The van der Waals surface area contributed by atoms with Crippen molar-refractivity contribution >= 4 is 8.56 Å². The van der Waals surface area contributed by atoms with E-state index in [2.05, 4.69) is 18.4 Å². The molecular formula is C7H10O2Si. The Bertz CT molecular complexity index is 178. The van der Waals surface area contributed by atoms with E-state index in [-0.39, 0.29) is 0 Å². The zero-order chi connectivity index (χ0) is 7.45. The molecule has 54 valence electrons. The number of hydrogen-bond donors (Lipinski definition) is 0. The minimum Gasteiger partial charge on any atom is -0.380 e. The standard InChI is InChI=1S/C7H10O2Si/c1-3-10(2)8-6-4-5-7-9-10/h3H,1,6-7H2,2H3. The van der Waals surface area contributed by atoms with Gasteiger partial charge in [-0.3, -0.25) is 0 Å². The molecule has 0 amide bonds. The second-order valence-electron chi connectivity index (χ2n) is 2.15. The third-order valence-electron chi connectivity index (χ3n) is 1.36. The lowest BCUT2D eigenvalue weighted by Gasteiger charge is -2.18. The first-order valence-electron chi connectivity index (χ1n) is 3.14. The highest BCUT2D eigenvalue weighted by atomic mass is 28.4. The van der Waals surface area contributed by atoms with Gasteiger partial charge in [-0.25, -0.2) is 0 Å². The van der Waals surface area contributed by atoms with Crippen molar-refractivity contribution in [1.29, 1.82) is 0 Å². The Hall–Kier alpha value is -0.563. The molecule has 10 heavy (non-hydrogen) atoms. The maximum atomic E-state index is 5.36. The summed E-state index contributed by atoms with van der Waals surface area (Å²) in [6.45, 7) is 6.57. The average molecular weight is 154 g/mol. The summed E-state index contributed by atoms with van der Waals surface area (Å²) in [5.74, 6) is 5.65. The monoisotopic (exact) mass is 154 g/mol. The summed E-state index contributed by atoms with van der Waals surface area (Å²) >= 11 is 0. The van der Waals surface area contributed by atoms with Gasteiger partial charge in [0.1, 0.15) is 0 Å². The summed E-state index contributed by atoms with van der Waals surface area (Å²) in [6, 6.07) is 0. The minimum absolute atomic E-state index is 0.481. The molecular weight excluding hydrogens is 144 g/mol. The van der Waals surface area contributed by atoms with Crippen LogP contribution in [0, 0.1) is 11.8 Å². The summed E-state index contributed by atoms with van der Waals surface area (Å²) in [7, 11) is -2.02. The van der Waals surface area contributed by atoms with Crippen molar-refractivity contribution in [1.82, 2.24) is 0 Å². The van der Waals surface area contributed by atoms with Crippen molar-refractivity contribution in [2.24, 2.45) is 0 Å². The highest BCUT2D eigenvalue weighted by Crippen LogP contribution is 2.08. The van der Waals surface area contributed by atoms with E-state index in [4.69, 9.17) is 8.85 Å². The first-order valence-corrected chi connectivity index (χ1v) is 5.53. The van der Waals surface area contributed by atoms with E-state index in [0.717, 1.165) is 0 Å². The topological polar surface area (TPSA) is 18.5 Å². The van der Waals surface area contributed by atoms with Crippen molar-refractivity contribution < 1.29 is 8.85 Å². The van der Waals surface area contributed by atoms with E-state index in [9.17, 15) is 0 Å². The molecule has 1 aliphatic heterocycles. The molecule has 0 aliphatic carbocycles. The number of rotatable bonds is 1. The Morgan fingerprint density at radius 2 is 1.90 bits per heavy atom. The summed E-state index contributed by atoms with van der Waals surface area (Å²) in [6.07, 6.45) is 0. The summed E-state index contributed by atoms with van der Waals surface area (Å²) < 4.78 is 10.7. The predicted octanol–water partition coefficient (Wildman–Crippen LogP) is 0.834. The van der Waals surface area contributed by atoms with Gasteiger partial charge in [-0.2, -0.15) is 0 Å². The van der Waals surface area contributed by atoms with E-state index in [1.54, 1.807) is 5.70 Å². The van der Waals surface area contributed by atoms with Crippen LogP contribution in [0.5, 0.6) is 0 Å². The summed E-state index contributed by atoms with van der Waals surface area (Å²) in [4.78, 5) is 0. The molecule has 1 rings (SSSR count). The molecule has 0 saturated heterocycles. The van der Waals surface area contributed by atoms with Crippen LogP contribution in [-0.4, -0.2) is 21.8 Å². The maximum absolute atomic E-state index is 5.36. The van der Waals surface area contributed by atoms with Gasteiger partial charge in [-0.15, -0.1) is 6.58 Å². The molecule has 3 heteroatoms. The molecule has 0 bridgehead atoms.